The number of phenolic OH excluding ortho intramolecular Hbond substituents is 1. The Morgan fingerprint density at radius 1 is 0.647 bits per heavy atom. The average Bonchev–Trinajstić information content (AvgIpc) is 2.77. The molecule has 178 valence electrons. The third-order valence-electron chi connectivity index (χ3n) is 5.18. The Hall–Kier alpha value is -3.62. The summed E-state index contributed by atoms with van der Waals surface area (Å²) in [4.78, 5) is 8.34. The number of hydrogen-bond donors (Lipinski definition) is 1. The SMILES string of the molecule is CN=C(c1ccc(C(F)(F)F)cc1)c1cc(C)cc(C(=NC)c2ccc(C(F)(F)F)cc2)c1O. The van der Waals surface area contributed by atoms with E-state index in [9.17, 15) is 31.4 Å². The molecule has 0 radical (unpaired) electrons. The molecule has 0 saturated carbocycles. The van der Waals surface area contributed by atoms with Crippen molar-refractivity contribution in [2.24, 2.45) is 9.98 Å². The molecule has 0 amide bonds. The van der Waals surface area contributed by atoms with Crippen molar-refractivity contribution in [1.29, 1.82) is 0 Å². The highest BCUT2D eigenvalue weighted by Crippen LogP contribution is 2.33. The molecule has 0 aliphatic carbocycles. The molecule has 3 aromatic rings. The fraction of sp³-hybridized carbons (Fsp3) is 0.200. The van der Waals surface area contributed by atoms with Crippen LogP contribution < -0.4 is 0 Å². The molecule has 34 heavy (non-hydrogen) atoms. The summed E-state index contributed by atoms with van der Waals surface area (Å²) >= 11 is 0. The van der Waals surface area contributed by atoms with Crippen molar-refractivity contribution >= 4 is 11.4 Å². The summed E-state index contributed by atoms with van der Waals surface area (Å²) < 4.78 is 77.6. The minimum atomic E-state index is -4.49. The number of halogens is 6. The average molecular weight is 478 g/mol. The lowest BCUT2D eigenvalue weighted by atomic mass is 9.92. The minimum absolute atomic E-state index is 0.244. The van der Waals surface area contributed by atoms with Crippen LogP contribution in [-0.2, 0) is 12.4 Å². The van der Waals surface area contributed by atoms with Crippen molar-refractivity contribution < 1.29 is 31.4 Å². The molecular formula is C25H20F6N2O. The number of aromatic hydroxyl groups is 1. The summed E-state index contributed by atoms with van der Waals surface area (Å²) in [6, 6.07) is 12.0. The number of aliphatic imine (C=N–C) groups is 2. The maximum Gasteiger partial charge on any atom is 0.416 e. The van der Waals surface area contributed by atoms with Gasteiger partial charge in [0.1, 0.15) is 5.75 Å². The molecule has 0 heterocycles. The quantitative estimate of drug-likeness (QED) is 0.330. The highest BCUT2D eigenvalue weighted by atomic mass is 19.4. The van der Waals surface area contributed by atoms with E-state index in [4.69, 9.17) is 0 Å². The Kier molecular flexibility index (Phi) is 6.86. The Morgan fingerprint density at radius 3 is 1.24 bits per heavy atom. The van der Waals surface area contributed by atoms with Crippen LogP contribution in [0, 0.1) is 6.92 Å². The fourth-order valence-corrected chi connectivity index (χ4v) is 3.58. The van der Waals surface area contributed by atoms with Crippen LogP contribution in [0.2, 0.25) is 0 Å². The van der Waals surface area contributed by atoms with Gasteiger partial charge in [-0.15, -0.1) is 0 Å². The summed E-state index contributed by atoms with van der Waals surface area (Å²) in [5.74, 6) is -0.244. The predicted octanol–water partition coefficient (Wildman–Crippen LogP) is 6.67. The van der Waals surface area contributed by atoms with Crippen LogP contribution in [0.4, 0.5) is 26.3 Å². The van der Waals surface area contributed by atoms with Gasteiger partial charge in [0, 0.05) is 36.3 Å². The van der Waals surface area contributed by atoms with Gasteiger partial charge in [0.05, 0.1) is 22.6 Å². The van der Waals surface area contributed by atoms with E-state index in [1.54, 1.807) is 19.1 Å². The number of benzene rings is 3. The van der Waals surface area contributed by atoms with E-state index in [0.29, 0.717) is 16.7 Å². The van der Waals surface area contributed by atoms with Crippen LogP contribution in [0.1, 0.15) is 38.9 Å². The molecule has 0 atom stereocenters. The summed E-state index contributed by atoms with van der Waals surface area (Å²) in [7, 11) is 2.89. The number of rotatable bonds is 4. The van der Waals surface area contributed by atoms with Gasteiger partial charge in [-0.05, 0) is 48.9 Å². The molecule has 0 aliphatic heterocycles. The van der Waals surface area contributed by atoms with E-state index in [2.05, 4.69) is 9.98 Å². The molecule has 1 N–H and O–H groups in total. The van der Waals surface area contributed by atoms with Crippen LogP contribution in [-0.4, -0.2) is 30.6 Å². The fourth-order valence-electron chi connectivity index (χ4n) is 3.58. The van der Waals surface area contributed by atoms with Gasteiger partial charge in [0.15, 0.2) is 0 Å². The van der Waals surface area contributed by atoms with E-state index in [0.717, 1.165) is 24.3 Å². The normalized spacial score (nSPS) is 13.3. The van der Waals surface area contributed by atoms with Gasteiger partial charge >= 0.3 is 12.4 Å². The second-order valence-electron chi connectivity index (χ2n) is 7.50. The topological polar surface area (TPSA) is 45.0 Å². The van der Waals surface area contributed by atoms with E-state index >= 15 is 0 Å². The second-order valence-corrected chi connectivity index (χ2v) is 7.50. The summed E-state index contributed by atoms with van der Waals surface area (Å²) in [6.45, 7) is 1.74. The van der Waals surface area contributed by atoms with Gasteiger partial charge < -0.3 is 5.11 Å². The van der Waals surface area contributed by atoms with Crippen molar-refractivity contribution in [3.05, 3.63) is 99.6 Å². The van der Waals surface area contributed by atoms with Crippen LogP contribution in [0.3, 0.4) is 0 Å². The predicted molar refractivity (Wildman–Crippen MR) is 119 cm³/mol. The zero-order valence-electron chi connectivity index (χ0n) is 18.4. The van der Waals surface area contributed by atoms with E-state index in [-0.39, 0.29) is 28.3 Å². The van der Waals surface area contributed by atoms with Crippen LogP contribution in [0.15, 0.2) is 70.6 Å². The molecule has 3 rings (SSSR count). The Labute approximate surface area is 192 Å². The number of nitrogens with zero attached hydrogens (tertiary/aromatic N) is 2. The maximum absolute atomic E-state index is 12.9. The lowest BCUT2D eigenvalue weighted by Gasteiger charge is -2.16. The standard InChI is InChI=1S/C25H20F6N2O/c1-14-12-19(21(32-2)15-4-8-17(9-5-15)24(26,27)28)23(34)20(13-14)22(33-3)16-6-10-18(11-7-16)25(29,30)31/h4-13,34H,1-3H3. The first-order valence-corrected chi connectivity index (χ1v) is 10.00. The molecule has 0 unspecified atom stereocenters. The van der Waals surface area contributed by atoms with Gasteiger partial charge in [0.25, 0.3) is 0 Å². The smallest absolute Gasteiger partial charge is 0.416 e. The lowest BCUT2D eigenvalue weighted by Crippen LogP contribution is -2.11. The first kappa shape index (κ1) is 25.0. The van der Waals surface area contributed by atoms with Gasteiger partial charge in [-0.3, -0.25) is 9.98 Å². The number of aryl methyl sites for hydroxylation is 1. The minimum Gasteiger partial charge on any atom is -0.507 e. The highest BCUT2D eigenvalue weighted by Gasteiger charge is 2.31. The molecule has 0 spiro atoms. The first-order valence-electron chi connectivity index (χ1n) is 10.00. The maximum atomic E-state index is 12.9. The zero-order chi connectivity index (χ0) is 25.3. The van der Waals surface area contributed by atoms with Crippen molar-refractivity contribution in [3.8, 4) is 5.75 Å². The van der Waals surface area contributed by atoms with Crippen LogP contribution in [0.5, 0.6) is 5.75 Å². The monoisotopic (exact) mass is 478 g/mol. The van der Waals surface area contributed by atoms with Gasteiger partial charge in [-0.1, -0.05) is 24.3 Å². The van der Waals surface area contributed by atoms with Crippen molar-refractivity contribution in [1.82, 2.24) is 0 Å². The number of phenols is 1. The number of hydrogen-bond acceptors (Lipinski definition) is 3. The molecule has 3 nitrogen and oxygen atoms in total. The largest absolute Gasteiger partial charge is 0.507 e. The summed E-state index contributed by atoms with van der Waals surface area (Å²) in [5, 5.41) is 11.1. The molecular weight excluding hydrogens is 458 g/mol. The van der Waals surface area contributed by atoms with E-state index in [1.165, 1.54) is 38.4 Å². The molecule has 9 heteroatoms. The third-order valence-corrected chi connectivity index (χ3v) is 5.18. The van der Waals surface area contributed by atoms with E-state index < -0.39 is 23.5 Å². The van der Waals surface area contributed by atoms with Crippen LogP contribution in [0.25, 0.3) is 0 Å². The van der Waals surface area contributed by atoms with Crippen molar-refractivity contribution in [2.75, 3.05) is 14.1 Å². The Balaban J connectivity index is 2.09. The van der Waals surface area contributed by atoms with Crippen molar-refractivity contribution in [3.63, 3.8) is 0 Å². The highest BCUT2D eigenvalue weighted by molar-refractivity contribution is 6.19. The molecule has 0 bridgehead atoms. The van der Waals surface area contributed by atoms with Gasteiger partial charge in [-0.2, -0.15) is 26.3 Å². The Bertz CT molecular complexity index is 1140. The molecule has 0 aromatic heterocycles. The first-order chi connectivity index (χ1) is 15.9. The Morgan fingerprint density at radius 2 is 0.971 bits per heavy atom. The van der Waals surface area contributed by atoms with Crippen molar-refractivity contribution in [2.45, 2.75) is 19.3 Å². The van der Waals surface area contributed by atoms with Gasteiger partial charge in [-0.25, -0.2) is 0 Å². The summed E-state index contributed by atoms with van der Waals surface area (Å²) in [6.07, 6.45) is -8.98. The molecule has 0 aliphatic rings. The van der Waals surface area contributed by atoms with E-state index in [1.807, 2.05) is 0 Å². The third kappa shape index (κ3) is 5.13. The molecule has 0 fully saturated rings. The summed E-state index contributed by atoms with van der Waals surface area (Å²) in [5.41, 5.74) is 0.767. The zero-order valence-corrected chi connectivity index (χ0v) is 18.4. The molecule has 0 saturated heterocycles. The van der Waals surface area contributed by atoms with Crippen LogP contribution >= 0.6 is 0 Å². The molecule has 3 aromatic carbocycles. The number of alkyl halides is 6. The lowest BCUT2D eigenvalue weighted by molar-refractivity contribution is -0.138. The van der Waals surface area contributed by atoms with Gasteiger partial charge in [0.2, 0.25) is 0 Å². The second kappa shape index (κ2) is 9.32.